The molecular weight excluding hydrogens is 241 g/mol. The molecule has 0 bridgehead atoms. The topological polar surface area (TPSA) is 20.3 Å². The highest BCUT2D eigenvalue weighted by molar-refractivity contribution is 5.83. The van der Waals surface area contributed by atoms with E-state index >= 15 is 0 Å². The zero-order valence-corrected chi connectivity index (χ0v) is 11.3. The molecule has 19 heavy (non-hydrogen) atoms. The Bertz CT molecular complexity index is 487. The van der Waals surface area contributed by atoms with Crippen LogP contribution < -0.4 is 0 Å². The summed E-state index contributed by atoms with van der Waals surface area (Å²) in [7, 11) is 0. The second-order valence-electron chi connectivity index (χ2n) is 6.00. The average molecular weight is 261 g/mol. The average Bonchev–Trinajstić information content (AvgIpc) is 3.18. The Kier molecular flexibility index (Phi) is 3.29. The van der Waals surface area contributed by atoms with Crippen LogP contribution in [0.25, 0.3) is 0 Å². The molecule has 3 unspecified atom stereocenters. The molecule has 1 amide bonds. The van der Waals surface area contributed by atoms with Crippen molar-refractivity contribution in [1.82, 2.24) is 4.90 Å². The molecule has 0 aromatic heterocycles. The zero-order chi connectivity index (χ0) is 13.4. The van der Waals surface area contributed by atoms with Gasteiger partial charge in [-0.2, -0.15) is 0 Å². The highest BCUT2D eigenvalue weighted by Gasteiger charge is 2.47. The van der Waals surface area contributed by atoms with E-state index in [4.69, 9.17) is 0 Å². The second kappa shape index (κ2) is 4.95. The van der Waals surface area contributed by atoms with Crippen molar-refractivity contribution >= 4 is 5.91 Å². The summed E-state index contributed by atoms with van der Waals surface area (Å²) in [5.41, 5.74) is 0.714. The molecule has 2 nitrogen and oxygen atoms in total. The Morgan fingerprint density at radius 1 is 1.37 bits per heavy atom. The minimum atomic E-state index is -0.171. The highest BCUT2D eigenvalue weighted by atomic mass is 19.1. The summed E-state index contributed by atoms with van der Waals surface area (Å²) in [5, 5.41) is 0. The Balaban J connectivity index is 1.66. The molecule has 1 aromatic rings. The van der Waals surface area contributed by atoms with Crippen LogP contribution in [0.2, 0.25) is 0 Å². The number of rotatable bonds is 2. The number of carbonyl (C=O) groups excluding carboxylic acids is 1. The molecule has 3 rings (SSSR count). The maximum atomic E-state index is 13.7. The highest BCUT2D eigenvalue weighted by Crippen LogP contribution is 2.49. The summed E-state index contributed by atoms with van der Waals surface area (Å²) >= 11 is 0. The van der Waals surface area contributed by atoms with Crippen molar-refractivity contribution in [1.29, 1.82) is 0 Å². The van der Waals surface area contributed by atoms with Crippen molar-refractivity contribution in [2.75, 3.05) is 13.1 Å². The summed E-state index contributed by atoms with van der Waals surface area (Å²) in [6.07, 6.45) is 3.12. The summed E-state index contributed by atoms with van der Waals surface area (Å²) in [4.78, 5) is 14.4. The first kappa shape index (κ1) is 12.6. The molecule has 2 aliphatic rings. The third kappa shape index (κ3) is 2.51. The SMILES string of the molecule is CC1CCCN(C(=O)C2CC2c2ccccc2F)C1. The first-order valence-corrected chi connectivity index (χ1v) is 7.20. The fraction of sp³-hybridized carbons (Fsp3) is 0.562. The minimum absolute atomic E-state index is 0.0159. The molecule has 102 valence electrons. The Hall–Kier alpha value is -1.38. The van der Waals surface area contributed by atoms with E-state index in [0.29, 0.717) is 11.5 Å². The van der Waals surface area contributed by atoms with Crippen molar-refractivity contribution in [3.8, 4) is 0 Å². The molecule has 0 spiro atoms. The summed E-state index contributed by atoms with van der Waals surface area (Å²) in [6.45, 7) is 3.95. The van der Waals surface area contributed by atoms with E-state index in [1.165, 1.54) is 12.5 Å². The van der Waals surface area contributed by atoms with Crippen LogP contribution in [0.5, 0.6) is 0 Å². The normalized spacial score (nSPS) is 30.2. The summed E-state index contributed by atoms with van der Waals surface area (Å²) in [6, 6.07) is 6.84. The van der Waals surface area contributed by atoms with Crippen molar-refractivity contribution in [2.24, 2.45) is 11.8 Å². The first-order valence-electron chi connectivity index (χ1n) is 7.20. The quantitative estimate of drug-likeness (QED) is 0.800. The van der Waals surface area contributed by atoms with Gasteiger partial charge in [0.15, 0.2) is 0 Å². The molecule has 0 N–H and O–H groups in total. The van der Waals surface area contributed by atoms with E-state index < -0.39 is 0 Å². The molecule has 1 saturated carbocycles. The fourth-order valence-electron chi connectivity index (χ4n) is 3.21. The van der Waals surface area contributed by atoms with Crippen LogP contribution in [0.1, 0.15) is 37.7 Å². The lowest BCUT2D eigenvalue weighted by molar-refractivity contribution is -0.134. The standard InChI is InChI=1S/C16H20FNO/c1-11-5-4-8-18(10-11)16(19)14-9-13(14)12-6-2-3-7-15(12)17/h2-3,6-7,11,13-14H,4-5,8-10H2,1H3. The van der Waals surface area contributed by atoms with Gasteiger partial charge in [-0.05, 0) is 42.7 Å². The van der Waals surface area contributed by atoms with Crippen LogP contribution in [0.4, 0.5) is 4.39 Å². The molecule has 0 radical (unpaired) electrons. The van der Waals surface area contributed by atoms with Gasteiger partial charge in [0, 0.05) is 19.0 Å². The van der Waals surface area contributed by atoms with Gasteiger partial charge in [-0.15, -0.1) is 0 Å². The summed E-state index contributed by atoms with van der Waals surface area (Å²) in [5.74, 6) is 0.783. The number of likely N-dealkylation sites (tertiary alicyclic amines) is 1. The van der Waals surface area contributed by atoms with Crippen molar-refractivity contribution < 1.29 is 9.18 Å². The van der Waals surface area contributed by atoms with Gasteiger partial charge in [0.2, 0.25) is 5.91 Å². The maximum Gasteiger partial charge on any atom is 0.226 e. The van der Waals surface area contributed by atoms with E-state index in [-0.39, 0.29) is 23.6 Å². The lowest BCUT2D eigenvalue weighted by Gasteiger charge is -2.31. The Morgan fingerprint density at radius 3 is 2.89 bits per heavy atom. The molecule has 3 atom stereocenters. The van der Waals surface area contributed by atoms with E-state index in [1.807, 2.05) is 17.0 Å². The number of piperidine rings is 1. The lowest BCUT2D eigenvalue weighted by Crippen LogP contribution is -2.40. The molecule has 1 saturated heterocycles. The second-order valence-corrected chi connectivity index (χ2v) is 6.00. The lowest BCUT2D eigenvalue weighted by atomic mass is 9.99. The van der Waals surface area contributed by atoms with Crippen molar-refractivity contribution in [2.45, 2.75) is 32.1 Å². The molecule has 1 aliphatic carbocycles. The molecule has 1 aromatic carbocycles. The van der Waals surface area contributed by atoms with Gasteiger partial charge in [0.05, 0.1) is 0 Å². The first-order chi connectivity index (χ1) is 9.16. The van der Waals surface area contributed by atoms with Crippen molar-refractivity contribution in [3.05, 3.63) is 35.6 Å². The summed E-state index contributed by atoms with van der Waals surface area (Å²) < 4.78 is 13.7. The minimum Gasteiger partial charge on any atom is -0.342 e. The Labute approximate surface area is 113 Å². The van der Waals surface area contributed by atoms with Gasteiger partial charge in [0.25, 0.3) is 0 Å². The molecule has 1 heterocycles. The van der Waals surface area contributed by atoms with Gasteiger partial charge in [-0.3, -0.25) is 4.79 Å². The van der Waals surface area contributed by atoms with Crippen LogP contribution in [-0.2, 0) is 4.79 Å². The van der Waals surface area contributed by atoms with Crippen LogP contribution in [0, 0.1) is 17.7 Å². The monoisotopic (exact) mass is 261 g/mol. The largest absolute Gasteiger partial charge is 0.342 e. The molecule has 3 heteroatoms. The predicted molar refractivity (Wildman–Crippen MR) is 72.2 cm³/mol. The number of amides is 1. The van der Waals surface area contributed by atoms with Crippen LogP contribution in [-0.4, -0.2) is 23.9 Å². The van der Waals surface area contributed by atoms with E-state index in [9.17, 15) is 9.18 Å². The fourth-order valence-corrected chi connectivity index (χ4v) is 3.21. The number of nitrogens with zero attached hydrogens (tertiary/aromatic N) is 1. The van der Waals surface area contributed by atoms with Crippen molar-refractivity contribution in [3.63, 3.8) is 0 Å². The van der Waals surface area contributed by atoms with E-state index in [2.05, 4.69) is 6.92 Å². The van der Waals surface area contributed by atoms with Gasteiger partial charge in [0.1, 0.15) is 5.82 Å². The van der Waals surface area contributed by atoms with Gasteiger partial charge in [-0.1, -0.05) is 25.1 Å². The number of hydrogen-bond donors (Lipinski definition) is 0. The van der Waals surface area contributed by atoms with Crippen LogP contribution in [0.3, 0.4) is 0 Å². The van der Waals surface area contributed by atoms with Gasteiger partial charge < -0.3 is 4.90 Å². The smallest absolute Gasteiger partial charge is 0.226 e. The van der Waals surface area contributed by atoms with Gasteiger partial charge in [-0.25, -0.2) is 4.39 Å². The number of halogens is 1. The Morgan fingerprint density at radius 2 is 2.16 bits per heavy atom. The molecule has 1 aliphatic heterocycles. The molecule has 2 fully saturated rings. The van der Waals surface area contributed by atoms with Gasteiger partial charge >= 0.3 is 0 Å². The predicted octanol–water partition coefficient (Wildman–Crippen LogP) is 3.19. The molecular formula is C16H20FNO. The number of hydrogen-bond acceptors (Lipinski definition) is 1. The van der Waals surface area contributed by atoms with Crippen LogP contribution >= 0.6 is 0 Å². The van der Waals surface area contributed by atoms with E-state index in [1.54, 1.807) is 6.07 Å². The maximum absolute atomic E-state index is 13.7. The number of benzene rings is 1. The zero-order valence-electron chi connectivity index (χ0n) is 11.3. The third-order valence-electron chi connectivity index (χ3n) is 4.38. The van der Waals surface area contributed by atoms with Crippen LogP contribution in [0.15, 0.2) is 24.3 Å². The number of carbonyl (C=O) groups is 1. The third-order valence-corrected chi connectivity index (χ3v) is 4.38. The van der Waals surface area contributed by atoms with E-state index in [0.717, 1.165) is 25.9 Å².